The van der Waals surface area contributed by atoms with Crippen LogP contribution in [-0.4, -0.2) is 47.0 Å². The lowest BCUT2D eigenvalue weighted by Gasteiger charge is -2.18. The molecule has 0 aliphatic heterocycles. The van der Waals surface area contributed by atoms with E-state index in [4.69, 9.17) is 9.47 Å². The highest BCUT2D eigenvalue weighted by Crippen LogP contribution is 2.27. The van der Waals surface area contributed by atoms with E-state index in [0.717, 1.165) is 5.56 Å². The summed E-state index contributed by atoms with van der Waals surface area (Å²) in [4.78, 5) is 14.4. The Hall–Kier alpha value is -3.52. The van der Waals surface area contributed by atoms with Crippen LogP contribution in [0, 0.1) is 0 Å². The van der Waals surface area contributed by atoms with Gasteiger partial charge >= 0.3 is 0 Å². The van der Waals surface area contributed by atoms with Crippen molar-refractivity contribution >= 4 is 21.6 Å². The van der Waals surface area contributed by atoms with Crippen LogP contribution < -0.4 is 14.2 Å². The molecule has 3 aromatic carbocycles. The molecule has 168 valence electrons. The quantitative estimate of drug-likeness (QED) is 0.531. The van der Waals surface area contributed by atoms with Gasteiger partial charge in [-0.15, -0.1) is 0 Å². The van der Waals surface area contributed by atoms with E-state index in [1.54, 1.807) is 56.5 Å². The number of carbonyl (C=O) groups is 1. The molecule has 0 aliphatic rings. The maximum Gasteiger partial charge on any atom is 0.261 e. The molecule has 0 aliphatic carbocycles. The normalized spacial score (nSPS) is 11.0. The molecule has 0 spiro atoms. The minimum Gasteiger partial charge on any atom is -0.493 e. The van der Waals surface area contributed by atoms with Crippen molar-refractivity contribution in [3.05, 3.63) is 83.9 Å². The molecular formula is C24H26N2O5S. The molecule has 0 unspecified atom stereocenters. The molecular weight excluding hydrogens is 428 g/mol. The summed E-state index contributed by atoms with van der Waals surface area (Å²) in [5, 5.41) is 0. The third-order valence-electron chi connectivity index (χ3n) is 4.97. The molecule has 0 fully saturated rings. The van der Waals surface area contributed by atoms with Crippen LogP contribution in [0.5, 0.6) is 11.5 Å². The lowest BCUT2D eigenvalue weighted by atomic mass is 10.1. The molecule has 0 atom stereocenters. The average Bonchev–Trinajstić information content (AvgIpc) is 2.82. The lowest BCUT2D eigenvalue weighted by molar-refractivity contribution is 0.0796. The Kier molecular flexibility index (Phi) is 7.37. The summed E-state index contributed by atoms with van der Waals surface area (Å²) >= 11 is 0. The van der Waals surface area contributed by atoms with E-state index in [-0.39, 0.29) is 10.8 Å². The summed E-state index contributed by atoms with van der Waals surface area (Å²) < 4.78 is 38.2. The van der Waals surface area contributed by atoms with Gasteiger partial charge in [-0.1, -0.05) is 24.3 Å². The van der Waals surface area contributed by atoms with Crippen molar-refractivity contribution in [2.24, 2.45) is 0 Å². The van der Waals surface area contributed by atoms with E-state index in [1.165, 1.54) is 24.3 Å². The van der Waals surface area contributed by atoms with Crippen LogP contribution >= 0.6 is 0 Å². The molecule has 3 rings (SSSR count). The van der Waals surface area contributed by atoms with Crippen molar-refractivity contribution in [3.8, 4) is 11.5 Å². The third kappa shape index (κ3) is 5.59. The van der Waals surface area contributed by atoms with Gasteiger partial charge < -0.3 is 14.4 Å². The smallest absolute Gasteiger partial charge is 0.261 e. The summed E-state index contributed by atoms with van der Waals surface area (Å²) in [6.07, 6.45) is 0.635. The first kappa shape index (κ1) is 23.1. The fourth-order valence-corrected chi connectivity index (χ4v) is 4.21. The Bertz CT molecular complexity index is 1160. The van der Waals surface area contributed by atoms with Crippen molar-refractivity contribution < 1.29 is 22.7 Å². The second kappa shape index (κ2) is 10.2. The van der Waals surface area contributed by atoms with Crippen molar-refractivity contribution in [2.45, 2.75) is 11.3 Å². The minimum atomic E-state index is -3.73. The first-order chi connectivity index (χ1) is 15.3. The Balaban J connectivity index is 1.63. The summed E-state index contributed by atoms with van der Waals surface area (Å²) in [7, 11) is 1.14. The second-order valence-corrected chi connectivity index (χ2v) is 8.84. The maximum absolute atomic E-state index is 12.8. The number of likely N-dealkylation sites (N-methyl/N-ethyl adjacent to an activating group) is 1. The van der Waals surface area contributed by atoms with Gasteiger partial charge in [-0.25, -0.2) is 8.42 Å². The number of carbonyl (C=O) groups excluding carboxylic acids is 1. The first-order valence-electron chi connectivity index (χ1n) is 9.98. The molecule has 0 aromatic heterocycles. The van der Waals surface area contributed by atoms with Crippen molar-refractivity contribution in [1.29, 1.82) is 0 Å². The molecule has 3 aromatic rings. The van der Waals surface area contributed by atoms with Crippen molar-refractivity contribution in [2.75, 3.05) is 32.5 Å². The van der Waals surface area contributed by atoms with Crippen LogP contribution in [-0.2, 0) is 16.4 Å². The zero-order valence-electron chi connectivity index (χ0n) is 18.2. The predicted octanol–water partition coefficient (Wildman–Crippen LogP) is 3.82. The molecule has 0 radical (unpaired) electrons. The second-order valence-electron chi connectivity index (χ2n) is 7.16. The van der Waals surface area contributed by atoms with Crippen LogP contribution in [0.3, 0.4) is 0 Å². The molecule has 32 heavy (non-hydrogen) atoms. The van der Waals surface area contributed by atoms with Gasteiger partial charge in [-0.05, 0) is 60.5 Å². The number of nitrogens with zero attached hydrogens (tertiary/aromatic N) is 1. The van der Waals surface area contributed by atoms with Gasteiger partial charge in [0, 0.05) is 24.8 Å². The number of para-hydroxylation sites is 1. The highest BCUT2D eigenvalue weighted by molar-refractivity contribution is 7.92. The highest BCUT2D eigenvalue weighted by atomic mass is 32.2. The zero-order valence-corrected chi connectivity index (χ0v) is 19.1. The Morgan fingerprint density at radius 1 is 0.906 bits per heavy atom. The predicted molar refractivity (Wildman–Crippen MR) is 124 cm³/mol. The molecule has 7 nitrogen and oxygen atoms in total. The number of ether oxygens (including phenoxy) is 2. The lowest BCUT2D eigenvalue weighted by Crippen LogP contribution is -2.28. The first-order valence-corrected chi connectivity index (χ1v) is 11.5. The average molecular weight is 455 g/mol. The Morgan fingerprint density at radius 2 is 1.56 bits per heavy atom. The van der Waals surface area contributed by atoms with E-state index >= 15 is 0 Å². The maximum atomic E-state index is 12.8. The topological polar surface area (TPSA) is 84.9 Å². The van der Waals surface area contributed by atoms with Gasteiger partial charge in [0.1, 0.15) is 0 Å². The molecule has 0 saturated heterocycles. The van der Waals surface area contributed by atoms with Crippen LogP contribution in [0.1, 0.15) is 15.9 Å². The fourth-order valence-electron chi connectivity index (χ4n) is 3.15. The number of hydrogen-bond acceptors (Lipinski definition) is 5. The number of hydrogen-bond donors (Lipinski definition) is 1. The van der Waals surface area contributed by atoms with Crippen LogP contribution in [0.15, 0.2) is 77.7 Å². The minimum absolute atomic E-state index is 0.0888. The Morgan fingerprint density at radius 3 is 2.19 bits per heavy atom. The number of sulfonamides is 1. The van der Waals surface area contributed by atoms with Crippen LogP contribution in [0.2, 0.25) is 0 Å². The number of methoxy groups -OCH3 is 2. The van der Waals surface area contributed by atoms with E-state index < -0.39 is 10.0 Å². The standard InChI is InChI=1S/C24H26N2O5S/c1-26(16-15-18-9-14-22(30-2)23(17-18)31-3)24(27)19-10-12-21(13-11-19)32(28,29)25-20-7-5-4-6-8-20/h4-14,17,25H,15-16H2,1-3H3. The van der Waals surface area contributed by atoms with E-state index in [0.29, 0.717) is 35.7 Å². The Labute approximate surface area is 188 Å². The molecule has 1 N–H and O–H groups in total. The molecule has 0 saturated carbocycles. The summed E-state index contributed by atoms with van der Waals surface area (Å²) in [6.45, 7) is 0.490. The van der Waals surface area contributed by atoms with Crippen molar-refractivity contribution in [3.63, 3.8) is 0 Å². The molecule has 0 bridgehead atoms. The third-order valence-corrected chi connectivity index (χ3v) is 6.37. The number of anilines is 1. The summed E-state index contributed by atoms with van der Waals surface area (Å²) in [5.74, 6) is 1.10. The van der Waals surface area contributed by atoms with Crippen LogP contribution in [0.25, 0.3) is 0 Å². The SMILES string of the molecule is COc1ccc(CCN(C)C(=O)c2ccc(S(=O)(=O)Nc3ccccc3)cc2)cc1OC. The summed E-state index contributed by atoms with van der Waals surface area (Å²) in [5.41, 5.74) is 1.90. The van der Waals surface area contributed by atoms with Gasteiger partial charge in [0.2, 0.25) is 0 Å². The highest BCUT2D eigenvalue weighted by Gasteiger charge is 2.17. The van der Waals surface area contributed by atoms with Gasteiger partial charge in [0.25, 0.3) is 15.9 Å². The number of nitrogens with one attached hydrogen (secondary N) is 1. The molecule has 8 heteroatoms. The number of benzene rings is 3. The molecule has 0 heterocycles. The fraction of sp³-hybridized carbons (Fsp3) is 0.208. The molecule has 1 amide bonds. The monoisotopic (exact) mass is 454 g/mol. The van der Waals surface area contributed by atoms with Crippen LogP contribution in [0.4, 0.5) is 5.69 Å². The summed E-state index contributed by atoms with van der Waals surface area (Å²) in [6, 6.07) is 20.2. The van der Waals surface area contributed by atoms with Gasteiger partial charge in [0.05, 0.1) is 19.1 Å². The zero-order chi connectivity index (χ0) is 23.1. The van der Waals surface area contributed by atoms with E-state index in [2.05, 4.69) is 4.72 Å². The van der Waals surface area contributed by atoms with E-state index in [9.17, 15) is 13.2 Å². The van der Waals surface area contributed by atoms with Gasteiger partial charge in [0.15, 0.2) is 11.5 Å². The van der Waals surface area contributed by atoms with Crippen molar-refractivity contribution in [1.82, 2.24) is 4.90 Å². The van der Waals surface area contributed by atoms with E-state index in [1.807, 2.05) is 18.2 Å². The van der Waals surface area contributed by atoms with Gasteiger partial charge in [-0.3, -0.25) is 9.52 Å². The number of amides is 1. The largest absolute Gasteiger partial charge is 0.493 e. The number of rotatable bonds is 9. The van der Waals surface area contributed by atoms with Gasteiger partial charge in [-0.2, -0.15) is 0 Å².